The first-order chi connectivity index (χ1) is 13.1. The second-order valence-electron chi connectivity index (χ2n) is 8.23. The zero-order valence-corrected chi connectivity index (χ0v) is 16.1. The second kappa shape index (κ2) is 6.38. The molecule has 0 N–H and O–H groups in total. The molecule has 2 aliphatic carbocycles. The number of nitrogens with zero attached hydrogens (tertiary/aromatic N) is 4. The van der Waals surface area contributed by atoms with E-state index in [0.29, 0.717) is 24.9 Å². The third-order valence-electron chi connectivity index (χ3n) is 6.19. The molecular formula is C19H24N4O3S. The molecule has 3 aliphatic rings. The van der Waals surface area contributed by atoms with Crippen LogP contribution < -0.4 is 0 Å². The first-order valence-corrected chi connectivity index (χ1v) is 11.3. The van der Waals surface area contributed by atoms with Crippen LogP contribution in [0.3, 0.4) is 0 Å². The maximum absolute atomic E-state index is 12.6. The van der Waals surface area contributed by atoms with Crippen LogP contribution in [0.25, 0.3) is 11.5 Å². The predicted molar refractivity (Wildman–Crippen MR) is 99.3 cm³/mol. The molecular weight excluding hydrogens is 364 g/mol. The monoisotopic (exact) mass is 388 g/mol. The molecule has 2 saturated carbocycles. The Morgan fingerprint density at radius 1 is 1.11 bits per heavy atom. The van der Waals surface area contributed by atoms with E-state index < -0.39 is 10.0 Å². The molecule has 3 heterocycles. The molecule has 5 rings (SSSR count). The number of hydrogen-bond acceptors (Lipinski definition) is 6. The van der Waals surface area contributed by atoms with Crippen LogP contribution in [-0.4, -0.2) is 46.2 Å². The maximum atomic E-state index is 12.6. The molecule has 0 unspecified atom stereocenters. The number of rotatable bonds is 6. The summed E-state index contributed by atoms with van der Waals surface area (Å²) in [5.74, 6) is 1.96. The molecule has 1 saturated heterocycles. The Morgan fingerprint density at radius 2 is 1.81 bits per heavy atom. The van der Waals surface area contributed by atoms with E-state index in [1.54, 1.807) is 16.7 Å². The second-order valence-corrected chi connectivity index (χ2v) is 10.4. The molecule has 2 aromatic rings. The van der Waals surface area contributed by atoms with Crippen LogP contribution in [-0.2, 0) is 15.4 Å². The van der Waals surface area contributed by atoms with Gasteiger partial charge in [0.25, 0.3) is 5.89 Å². The Hall–Kier alpha value is -1.80. The minimum Gasteiger partial charge on any atom is -0.334 e. The van der Waals surface area contributed by atoms with Crippen molar-refractivity contribution in [2.45, 2.75) is 55.6 Å². The van der Waals surface area contributed by atoms with E-state index in [4.69, 9.17) is 9.51 Å². The molecule has 3 fully saturated rings. The summed E-state index contributed by atoms with van der Waals surface area (Å²) in [5.41, 5.74) is 0.685. The maximum Gasteiger partial charge on any atom is 0.258 e. The fraction of sp³-hybridized carbons (Fsp3) is 0.632. The van der Waals surface area contributed by atoms with Crippen LogP contribution in [0.1, 0.15) is 50.8 Å². The first kappa shape index (κ1) is 17.3. The fourth-order valence-electron chi connectivity index (χ4n) is 4.19. The molecule has 0 aromatic carbocycles. The number of sulfonamides is 1. The lowest BCUT2D eigenvalue weighted by Gasteiger charge is -2.39. The van der Waals surface area contributed by atoms with Gasteiger partial charge in [-0.15, -0.1) is 0 Å². The van der Waals surface area contributed by atoms with Crippen molar-refractivity contribution in [3.8, 4) is 11.5 Å². The summed E-state index contributed by atoms with van der Waals surface area (Å²) < 4.78 is 32.4. The highest BCUT2D eigenvalue weighted by molar-refractivity contribution is 7.90. The van der Waals surface area contributed by atoms with Crippen molar-refractivity contribution in [1.29, 1.82) is 0 Å². The Morgan fingerprint density at radius 3 is 2.44 bits per heavy atom. The summed E-state index contributed by atoms with van der Waals surface area (Å²) in [4.78, 5) is 8.75. The van der Waals surface area contributed by atoms with Crippen molar-refractivity contribution in [3.05, 3.63) is 30.4 Å². The summed E-state index contributed by atoms with van der Waals surface area (Å²) in [7, 11) is -3.11. The largest absolute Gasteiger partial charge is 0.334 e. The lowest BCUT2D eigenvalue weighted by molar-refractivity contribution is 0.198. The Balaban J connectivity index is 1.40. The summed E-state index contributed by atoms with van der Waals surface area (Å²) in [5, 5.41) is 4.19. The third kappa shape index (κ3) is 3.29. The zero-order chi connectivity index (χ0) is 18.5. The molecule has 0 bridgehead atoms. The van der Waals surface area contributed by atoms with Gasteiger partial charge in [-0.1, -0.05) is 18.0 Å². The smallest absolute Gasteiger partial charge is 0.258 e. The molecule has 144 valence electrons. The van der Waals surface area contributed by atoms with Crippen molar-refractivity contribution in [2.75, 3.05) is 13.1 Å². The molecule has 0 atom stereocenters. The van der Waals surface area contributed by atoms with Crippen molar-refractivity contribution >= 4 is 10.0 Å². The Kier molecular flexibility index (Phi) is 4.09. The van der Waals surface area contributed by atoms with Crippen LogP contribution >= 0.6 is 0 Å². The van der Waals surface area contributed by atoms with Gasteiger partial charge in [-0.05, 0) is 50.2 Å². The average Bonchev–Trinajstić information content (AvgIpc) is 3.62. The summed E-state index contributed by atoms with van der Waals surface area (Å²) in [6.45, 7) is 1.12. The lowest BCUT2D eigenvalue weighted by atomic mass is 9.74. The minimum atomic E-state index is -3.11. The van der Waals surface area contributed by atoms with Crippen LogP contribution in [0.2, 0.25) is 0 Å². The highest BCUT2D eigenvalue weighted by atomic mass is 32.2. The van der Waals surface area contributed by atoms with Crippen molar-refractivity contribution in [2.24, 2.45) is 5.92 Å². The van der Waals surface area contributed by atoms with Gasteiger partial charge >= 0.3 is 0 Å². The molecule has 0 amide bonds. The van der Waals surface area contributed by atoms with E-state index in [-0.39, 0.29) is 10.7 Å². The van der Waals surface area contributed by atoms with Crippen molar-refractivity contribution in [3.63, 3.8) is 0 Å². The average molecular weight is 388 g/mol. The van der Waals surface area contributed by atoms with E-state index in [9.17, 15) is 8.42 Å². The highest BCUT2D eigenvalue weighted by Gasteiger charge is 2.48. The van der Waals surface area contributed by atoms with Crippen molar-refractivity contribution < 1.29 is 12.9 Å². The first-order valence-electron chi connectivity index (χ1n) is 9.80. The van der Waals surface area contributed by atoms with Crippen LogP contribution in [0.5, 0.6) is 0 Å². The number of pyridine rings is 1. The predicted octanol–water partition coefficient (Wildman–Crippen LogP) is 2.76. The Labute approximate surface area is 159 Å². The van der Waals surface area contributed by atoms with Gasteiger partial charge in [0.1, 0.15) is 0 Å². The summed E-state index contributed by atoms with van der Waals surface area (Å²) in [6, 6.07) is 3.71. The number of piperidine rings is 1. The van der Waals surface area contributed by atoms with Crippen molar-refractivity contribution in [1.82, 2.24) is 19.4 Å². The van der Waals surface area contributed by atoms with Gasteiger partial charge in [-0.3, -0.25) is 4.98 Å². The SMILES string of the molecule is O=S(=O)(C1CC1)N1CCC(CC2CC2)(c2noc(-c3ccncc3)n2)CC1. The molecule has 0 spiro atoms. The molecule has 8 heteroatoms. The van der Waals surface area contributed by atoms with Crippen LogP contribution in [0.15, 0.2) is 29.0 Å². The zero-order valence-electron chi connectivity index (χ0n) is 15.2. The molecule has 7 nitrogen and oxygen atoms in total. The van der Waals surface area contributed by atoms with Gasteiger partial charge in [-0.2, -0.15) is 4.98 Å². The molecule has 27 heavy (non-hydrogen) atoms. The van der Waals surface area contributed by atoms with Gasteiger partial charge in [0.05, 0.1) is 5.25 Å². The van der Waals surface area contributed by atoms with Gasteiger partial charge < -0.3 is 4.52 Å². The minimum absolute atomic E-state index is 0.142. The molecule has 2 aromatic heterocycles. The van der Waals surface area contributed by atoms with Gasteiger partial charge in [0.2, 0.25) is 10.0 Å². The molecule has 0 radical (unpaired) electrons. The lowest BCUT2D eigenvalue weighted by Crippen LogP contribution is -2.46. The number of hydrogen-bond donors (Lipinski definition) is 0. The third-order valence-corrected chi connectivity index (χ3v) is 8.59. The van der Waals surface area contributed by atoms with Crippen LogP contribution in [0, 0.1) is 5.92 Å². The number of aromatic nitrogens is 3. The van der Waals surface area contributed by atoms with E-state index in [1.165, 1.54) is 12.8 Å². The summed E-state index contributed by atoms with van der Waals surface area (Å²) in [6.07, 6.45) is 10.1. The Bertz CT molecular complexity index is 911. The van der Waals surface area contributed by atoms with E-state index in [2.05, 4.69) is 10.1 Å². The highest BCUT2D eigenvalue weighted by Crippen LogP contribution is 2.47. The topological polar surface area (TPSA) is 89.2 Å². The standard InChI is InChI=1S/C19H24N4O3S/c24-27(25,16-3-4-16)23-11-7-19(8-12-23,13-14-1-2-14)18-21-17(26-22-18)15-5-9-20-10-6-15/h5-6,9-10,14,16H,1-4,7-8,11-13H2. The van der Waals surface area contributed by atoms with Gasteiger partial charge in [-0.25, -0.2) is 12.7 Å². The van der Waals surface area contributed by atoms with E-state index in [1.807, 2.05) is 12.1 Å². The van der Waals surface area contributed by atoms with Gasteiger partial charge in [0, 0.05) is 36.5 Å². The fourth-order valence-corrected chi connectivity index (χ4v) is 6.03. The van der Waals surface area contributed by atoms with Crippen LogP contribution in [0.4, 0.5) is 0 Å². The van der Waals surface area contributed by atoms with E-state index >= 15 is 0 Å². The van der Waals surface area contributed by atoms with Gasteiger partial charge in [0.15, 0.2) is 5.82 Å². The normalized spacial score (nSPS) is 23.4. The summed E-state index contributed by atoms with van der Waals surface area (Å²) >= 11 is 0. The molecule has 1 aliphatic heterocycles. The van der Waals surface area contributed by atoms with E-state index in [0.717, 1.165) is 43.5 Å². The quantitative estimate of drug-likeness (QED) is 0.756.